The smallest absolute Gasteiger partial charge is 0.253 e. The molecule has 0 radical (unpaired) electrons. The van der Waals surface area contributed by atoms with Gasteiger partial charge in [0, 0.05) is 25.2 Å². The number of nitrogens with zero attached hydrogens (tertiary/aromatic N) is 1. The summed E-state index contributed by atoms with van der Waals surface area (Å²) in [6.07, 6.45) is 0.144. The number of benzene rings is 3. The minimum Gasteiger partial charge on any atom is -0.491 e. The molecule has 3 aromatic carbocycles. The number of amides is 3. The molecule has 2 N–H and O–H groups in total. The Labute approximate surface area is 220 Å². The second kappa shape index (κ2) is 10.8. The third-order valence-corrected chi connectivity index (χ3v) is 6.34. The fraction of sp³-hybridized carbons (Fsp3) is 0.276. The summed E-state index contributed by atoms with van der Waals surface area (Å²) in [6, 6.07) is 19.5. The lowest BCUT2D eigenvalue weighted by atomic mass is 10.1. The monoisotopic (exact) mass is 515 g/mol. The molecule has 3 aromatic rings. The molecule has 9 heteroatoms. The molecule has 0 aliphatic carbocycles. The molecule has 0 spiro atoms. The molecule has 0 unspecified atom stereocenters. The summed E-state index contributed by atoms with van der Waals surface area (Å²) in [5.74, 6) is 0.732. The summed E-state index contributed by atoms with van der Waals surface area (Å²) in [5.41, 5.74) is 2.30. The molecule has 38 heavy (non-hydrogen) atoms. The van der Waals surface area contributed by atoms with Gasteiger partial charge < -0.3 is 29.7 Å². The van der Waals surface area contributed by atoms with Gasteiger partial charge >= 0.3 is 0 Å². The maximum atomic E-state index is 13.1. The Bertz CT molecular complexity index is 1350. The van der Waals surface area contributed by atoms with Crippen LogP contribution in [0, 0.1) is 5.92 Å². The lowest BCUT2D eigenvalue weighted by Gasteiger charge is -2.18. The molecule has 0 saturated carbocycles. The van der Waals surface area contributed by atoms with E-state index >= 15 is 0 Å². The first-order valence-electron chi connectivity index (χ1n) is 12.5. The van der Waals surface area contributed by atoms with E-state index in [9.17, 15) is 14.4 Å². The van der Waals surface area contributed by atoms with Gasteiger partial charge in [0.25, 0.3) is 5.91 Å². The Morgan fingerprint density at radius 1 is 1.03 bits per heavy atom. The van der Waals surface area contributed by atoms with Crippen molar-refractivity contribution in [1.29, 1.82) is 0 Å². The zero-order valence-electron chi connectivity index (χ0n) is 21.2. The molecule has 3 amide bonds. The summed E-state index contributed by atoms with van der Waals surface area (Å²) in [6.45, 7) is 4.62. The largest absolute Gasteiger partial charge is 0.491 e. The highest BCUT2D eigenvalue weighted by atomic mass is 16.7. The summed E-state index contributed by atoms with van der Waals surface area (Å²) >= 11 is 0. The predicted molar refractivity (Wildman–Crippen MR) is 141 cm³/mol. The molecule has 196 valence electrons. The lowest BCUT2D eigenvalue weighted by Crippen LogP contribution is -2.29. The number of para-hydroxylation sites is 1. The van der Waals surface area contributed by atoms with Gasteiger partial charge in [-0.05, 0) is 67.9 Å². The predicted octanol–water partition coefficient (Wildman–Crippen LogP) is 4.12. The van der Waals surface area contributed by atoms with Gasteiger partial charge in [-0.3, -0.25) is 14.4 Å². The van der Waals surface area contributed by atoms with Crippen molar-refractivity contribution in [2.75, 3.05) is 23.6 Å². The first kappa shape index (κ1) is 25.1. The van der Waals surface area contributed by atoms with Crippen molar-refractivity contribution in [2.24, 2.45) is 5.92 Å². The maximum absolute atomic E-state index is 13.1. The van der Waals surface area contributed by atoms with E-state index in [1.807, 2.05) is 50.2 Å². The van der Waals surface area contributed by atoms with Crippen molar-refractivity contribution in [3.8, 4) is 17.2 Å². The molecule has 1 atom stereocenters. The number of ether oxygens (including phenoxy) is 3. The van der Waals surface area contributed by atoms with E-state index in [0.29, 0.717) is 28.4 Å². The first-order chi connectivity index (χ1) is 18.4. The summed E-state index contributed by atoms with van der Waals surface area (Å²) < 4.78 is 16.4. The molecule has 1 fully saturated rings. The van der Waals surface area contributed by atoms with E-state index in [-0.39, 0.29) is 50.1 Å². The number of nitrogens with one attached hydrogen (secondary N) is 2. The van der Waals surface area contributed by atoms with Crippen molar-refractivity contribution in [2.45, 2.75) is 32.9 Å². The average molecular weight is 516 g/mol. The fourth-order valence-corrected chi connectivity index (χ4v) is 4.46. The molecule has 5 rings (SSSR count). The van der Waals surface area contributed by atoms with Crippen molar-refractivity contribution < 1.29 is 28.6 Å². The topological polar surface area (TPSA) is 106 Å². The minimum absolute atomic E-state index is 0.0518. The van der Waals surface area contributed by atoms with Gasteiger partial charge in [-0.15, -0.1) is 0 Å². The number of fused-ring (bicyclic) bond motifs is 1. The minimum atomic E-state index is -0.543. The number of hydrogen-bond donors (Lipinski definition) is 2. The van der Waals surface area contributed by atoms with Gasteiger partial charge in [0.2, 0.25) is 18.6 Å². The van der Waals surface area contributed by atoms with Crippen LogP contribution in [0.3, 0.4) is 0 Å². The maximum Gasteiger partial charge on any atom is 0.253 e. The second-order valence-corrected chi connectivity index (χ2v) is 9.47. The fourth-order valence-electron chi connectivity index (χ4n) is 4.46. The molecule has 0 bridgehead atoms. The van der Waals surface area contributed by atoms with E-state index in [2.05, 4.69) is 10.6 Å². The molecule has 2 heterocycles. The summed E-state index contributed by atoms with van der Waals surface area (Å²) in [7, 11) is 0. The molecule has 0 aromatic heterocycles. The number of hydrogen-bond acceptors (Lipinski definition) is 6. The van der Waals surface area contributed by atoms with Crippen molar-refractivity contribution in [1.82, 2.24) is 5.32 Å². The SMILES string of the molecule is CC(C)Oc1ccc(N2C[C@@H](C(=O)Nc3ccccc3C(=O)NCc3ccc4c(c3)OCO4)CC2=O)cc1. The number of rotatable bonds is 8. The molecule has 2 aliphatic heterocycles. The van der Waals surface area contributed by atoms with Crippen molar-refractivity contribution in [3.05, 3.63) is 77.9 Å². The Balaban J connectivity index is 1.21. The van der Waals surface area contributed by atoms with Crippen LogP contribution in [0.15, 0.2) is 66.7 Å². The van der Waals surface area contributed by atoms with Crippen LogP contribution in [-0.2, 0) is 16.1 Å². The Morgan fingerprint density at radius 3 is 2.58 bits per heavy atom. The van der Waals surface area contributed by atoms with E-state index < -0.39 is 5.92 Å². The number of carbonyl (C=O) groups excluding carboxylic acids is 3. The van der Waals surface area contributed by atoms with Gasteiger partial charge in [-0.1, -0.05) is 18.2 Å². The van der Waals surface area contributed by atoms with Gasteiger partial charge in [-0.2, -0.15) is 0 Å². The zero-order valence-corrected chi connectivity index (χ0v) is 21.2. The van der Waals surface area contributed by atoms with Crippen molar-refractivity contribution in [3.63, 3.8) is 0 Å². The standard InChI is InChI=1S/C29H29N3O6/c1-18(2)38-22-10-8-21(9-11-22)32-16-20(14-27(32)33)28(34)31-24-6-4-3-5-23(24)29(35)30-15-19-7-12-25-26(13-19)37-17-36-25/h3-13,18,20H,14-17H2,1-2H3,(H,30,35)(H,31,34)/t20-/m0/s1. The van der Waals surface area contributed by atoms with Crippen LogP contribution in [0.5, 0.6) is 17.2 Å². The third kappa shape index (κ3) is 5.56. The lowest BCUT2D eigenvalue weighted by molar-refractivity contribution is -0.122. The third-order valence-electron chi connectivity index (χ3n) is 6.34. The van der Waals surface area contributed by atoms with Gasteiger partial charge in [0.1, 0.15) is 5.75 Å². The summed E-state index contributed by atoms with van der Waals surface area (Å²) in [4.78, 5) is 40.4. The van der Waals surface area contributed by atoms with Crippen LogP contribution in [0.2, 0.25) is 0 Å². The number of anilines is 2. The van der Waals surface area contributed by atoms with Crippen LogP contribution in [-0.4, -0.2) is 37.2 Å². The van der Waals surface area contributed by atoms with Gasteiger partial charge in [0.15, 0.2) is 11.5 Å². The average Bonchev–Trinajstić information content (AvgIpc) is 3.54. The van der Waals surface area contributed by atoms with Crippen LogP contribution >= 0.6 is 0 Å². The highest BCUT2D eigenvalue weighted by Gasteiger charge is 2.35. The van der Waals surface area contributed by atoms with Crippen molar-refractivity contribution >= 4 is 29.1 Å². The molecular formula is C29H29N3O6. The van der Waals surface area contributed by atoms with E-state index in [1.54, 1.807) is 35.2 Å². The first-order valence-corrected chi connectivity index (χ1v) is 12.5. The summed E-state index contributed by atoms with van der Waals surface area (Å²) in [5, 5.41) is 5.74. The normalized spacial score (nSPS) is 16.0. The highest BCUT2D eigenvalue weighted by molar-refractivity contribution is 6.07. The highest BCUT2D eigenvalue weighted by Crippen LogP contribution is 2.32. The molecular weight excluding hydrogens is 486 g/mol. The zero-order chi connectivity index (χ0) is 26.6. The Morgan fingerprint density at radius 2 is 1.79 bits per heavy atom. The van der Waals surface area contributed by atoms with Crippen LogP contribution in [0.25, 0.3) is 0 Å². The Kier molecular flexibility index (Phi) is 7.17. The molecule has 1 saturated heterocycles. The van der Waals surface area contributed by atoms with E-state index in [1.165, 1.54) is 0 Å². The quantitative estimate of drug-likeness (QED) is 0.468. The van der Waals surface area contributed by atoms with E-state index in [4.69, 9.17) is 14.2 Å². The number of carbonyl (C=O) groups is 3. The van der Waals surface area contributed by atoms with Crippen LogP contribution in [0.1, 0.15) is 36.2 Å². The Hall–Kier alpha value is -4.53. The van der Waals surface area contributed by atoms with Gasteiger partial charge in [0.05, 0.1) is 23.3 Å². The van der Waals surface area contributed by atoms with E-state index in [0.717, 1.165) is 11.3 Å². The van der Waals surface area contributed by atoms with Crippen LogP contribution in [0.4, 0.5) is 11.4 Å². The van der Waals surface area contributed by atoms with Gasteiger partial charge in [-0.25, -0.2) is 0 Å². The molecule has 9 nitrogen and oxygen atoms in total. The second-order valence-electron chi connectivity index (χ2n) is 9.47. The molecule has 2 aliphatic rings. The van der Waals surface area contributed by atoms with Crippen LogP contribution < -0.4 is 29.7 Å².